The number of carbonyl (C=O) groups excluding carboxylic acids is 1. The minimum atomic E-state index is -3.12. The molecule has 0 amide bonds. The van der Waals surface area contributed by atoms with Crippen molar-refractivity contribution in [1.82, 2.24) is 4.98 Å². The van der Waals surface area contributed by atoms with E-state index in [9.17, 15) is 13.2 Å². The van der Waals surface area contributed by atoms with E-state index in [4.69, 9.17) is 0 Å². The molecule has 1 atom stereocenters. The molecular weight excluding hydrogens is 210 g/mol. The highest BCUT2D eigenvalue weighted by Gasteiger charge is 2.20. The Labute approximate surface area is 80.5 Å². The molecular formula is C7H9NO3S2. The van der Waals surface area contributed by atoms with E-state index in [-0.39, 0.29) is 0 Å². The Kier molecular flexibility index (Phi) is 2.82. The van der Waals surface area contributed by atoms with Crippen LogP contribution in [0.1, 0.15) is 26.9 Å². The second-order valence-electron chi connectivity index (χ2n) is 2.69. The number of aromatic nitrogens is 1. The van der Waals surface area contributed by atoms with E-state index in [0.29, 0.717) is 16.2 Å². The van der Waals surface area contributed by atoms with Crippen molar-refractivity contribution in [2.75, 3.05) is 6.26 Å². The molecule has 1 rings (SSSR count). The number of hydrogen-bond donors (Lipinski definition) is 0. The summed E-state index contributed by atoms with van der Waals surface area (Å²) in [6, 6.07) is 0. The SMILES string of the molecule is CC(c1ncc(C=O)s1)S(C)(=O)=O. The first-order chi connectivity index (χ1) is 5.95. The summed E-state index contributed by atoms with van der Waals surface area (Å²) in [5.41, 5.74) is 0. The Balaban J connectivity index is 3.02. The van der Waals surface area contributed by atoms with E-state index in [1.807, 2.05) is 0 Å². The predicted octanol–water partition coefficient (Wildman–Crippen LogP) is 1.06. The lowest BCUT2D eigenvalue weighted by Gasteiger charge is -2.03. The van der Waals surface area contributed by atoms with Gasteiger partial charge in [0.2, 0.25) is 0 Å². The molecule has 0 bridgehead atoms. The average Bonchev–Trinajstić information content (AvgIpc) is 2.48. The summed E-state index contributed by atoms with van der Waals surface area (Å²) in [6.07, 6.45) is 3.20. The molecule has 0 aromatic carbocycles. The van der Waals surface area contributed by atoms with Crippen molar-refractivity contribution in [1.29, 1.82) is 0 Å². The molecule has 0 radical (unpaired) electrons. The van der Waals surface area contributed by atoms with Crippen LogP contribution < -0.4 is 0 Å². The van der Waals surface area contributed by atoms with Crippen molar-refractivity contribution in [3.8, 4) is 0 Å². The van der Waals surface area contributed by atoms with Gasteiger partial charge in [0, 0.05) is 12.5 Å². The first kappa shape index (κ1) is 10.3. The first-order valence-corrected chi connectivity index (χ1v) is 6.32. The lowest BCUT2D eigenvalue weighted by atomic mass is 10.5. The average molecular weight is 219 g/mol. The van der Waals surface area contributed by atoms with Gasteiger partial charge in [0.05, 0.1) is 4.88 Å². The second kappa shape index (κ2) is 3.55. The highest BCUT2D eigenvalue weighted by Crippen LogP contribution is 2.24. The molecule has 0 spiro atoms. The van der Waals surface area contributed by atoms with Crippen LogP contribution in [0.25, 0.3) is 0 Å². The Morgan fingerprint density at radius 1 is 1.62 bits per heavy atom. The first-order valence-electron chi connectivity index (χ1n) is 3.55. The molecule has 4 nitrogen and oxygen atoms in total. The van der Waals surface area contributed by atoms with Crippen molar-refractivity contribution < 1.29 is 13.2 Å². The fraction of sp³-hybridized carbons (Fsp3) is 0.429. The molecule has 1 heterocycles. The highest BCUT2D eigenvalue weighted by molar-refractivity contribution is 7.91. The maximum absolute atomic E-state index is 11.1. The van der Waals surface area contributed by atoms with Crippen LogP contribution in [0.3, 0.4) is 0 Å². The van der Waals surface area contributed by atoms with Crippen molar-refractivity contribution in [3.63, 3.8) is 0 Å². The molecule has 0 saturated heterocycles. The second-order valence-corrected chi connectivity index (χ2v) is 6.15. The molecule has 1 aromatic heterocycles. The van der Waals surface area contributed by atoms with Gasteiger partial charge in [0.15, 0.2) is 16.1 Å². The summed E-state index contributed by atoms with van der Waals surface area (Å²) in [7, 11) is -3.12. The van der Waals surface area contributed by atoms with Crippen LogP contribution in [-0.2, 0) is 9.84 Å². The molecule has 1 aromatic rings. The Morgan fingerprint density at radius 3 is 2.62 bits per heavy atom. The minimum Gasteiger partial charge on any atom is -0.297 e. The van der Waals surface area contributed by atoms with Crippen LogP contribution in [-0.4, -0.2) is 25.9 Å². The number of nitrogens with zero attached hydrogens (tertiary/aromatic N) is 1. The maximum Gasteiger partial charge on any atom is 0.161 e. The topological polar surface area (TPSA) is 64.1 Å². The van der Waals surface area contributed by atoms with Gasteiger partial charge in [-0.2, -0.15) is 0 Å². The number of carbonyl (C=O) groups is 1. The van der Waals surface area contributed by atoms with Crippen LogP contribution in [0.4, 0.5) is 0 Å². The van der Waals surface area contributed by atoms with Crippen LogP contribution in [0.5, 0.6) is 0 Å². The number of hydrogen-bond acceptors (Lipinski definition) is 5. The van der Waals surface area contributed by atoms with E-state index >= 15 is 0 Å². The normalized spacial score (nSPS) is 14.0. The zero-order chi connectivity index (χ0) is 10.1. The largest absolute Gasteiger partial charge is 0.297 e. The Bertz CT molecular complexity index is 407. The fourth-order valence-corrected chi connectivity index (χ4v) is 2.49. The molecule has 0 fully saturated rings. The summed E-state index contributed by atoms with van der Waals surface area (Å²) >= 11 is 1.11. The number of sulfone groups is 1. The number of aldehydes is 1. The van der Waals surface area contributed by atoms with Gasteiger partial charge < -0.3 is 0 Å². The molecule has 72 valence electrons. The monoisotopic (exact) mass is 219 g/mol. The van der Waals surface area contributed by atoms with Crippen molar-refractivity contribution in [2.45, 2.75) is 12.2 Å². The van der Waals surface area contributed by atoms with Gasteiger partial charge in [0.1, 0.15) is 10.3 Å². The van der Waals surface area contributed by atoms with Crippen LogP contribution in [0.15, 0.2) is 6.20 Å². The summed E-state index contributed by atoms with van der Waals surface area (Å²) < 4.78 is 22.2. The quantitative estimate of drug-likeness (QED) is 0.713. The van der Waals surface area contributed by atoms with Crippen molar-refractivity contribution in [2.24, 2.45) is 0 Å². The summed E-state index contributed by atoms with van der Waals surface area (Å²) in [5.74, 6) is 0. The van der Waals surface area contributed by atoms with Crippen LogP contribution in [0, 0.1) is 0 Å². The van der Waals surface area contributed by atoms with Crippen LogP contribution in [0.2, 0.25) is 0 Å². The molecule has 0 aliphatic carbocycles. The van der Waals surface area contributed by atoms with Gasteiger partial charge >= 0.3 is 0 Å². The van der Waals surface area contributed by atoms with E-state index in [1.165, 1.54) is 6.20 Å². The van der Waals surface area contributed by atoms with Gasteiger partial charge in [-0.15, -0.1) is 11.3 Å². The highest BCUT2D eigenvalue weighted by atomic mass is 32.2. The molecule has 1 unspecified atom stereocenters. The number of thiazole rings is 1. The minimum absolute atomic E-state index is 0.450. The lowest BCUT2D eigenvalue weighted by Crippen LogP contribution is -2.06. The van der Waals surface area contributed by atoms with E-state index in [0.717, 1.165) is 17.6 Å². The molecule has 13 heavy (non-hydrogen) atoms. The van der Waals surface area contributed by atoms with Crippen molar-refractivity contribution >= 4 is 27.5 Å². The van der Waals surface area contributed by atoms with Gasteiger partial charge in [-0.1, -0.05) is 0 Å². The van der Waals surface area contributed by atoms with E-state index in [2.05, 4.69) is 4.98 Å². The van der Waals surface area contributed by atoms with Crippen molar-refractivity contribution in [3.05, 3.63) is 16.1 Å². The third-order valence-corrected chi connectivity index (χ3v) is 4.41. The molecule has 0 aliphatic rings. The Morgan fingerprint density at radius 2 is 2.23 bits per heavy atom. The molecule has 6 heteroatoms. The summed E-state index contributed by atoms with van der Waals surface area (Å²) in [4.78, 5) is 14.6. The fourth-order valence-electron chi connectivity index (χ4n) is 0.726. The third kappa shape index (κ3) is 2.35. The summed E-state index contributed by atoms with van der Waals surface area (Å²) in [6.45, 7) is 1.56. The van der Waals surface area contributed by atoms with Gasteiger partial charge in [0.25, 0.3) is 0 Å². The van der Waals surface area contributed by atoms with E-state index < -0.39 is 15.1 Å². The molecule has 0 saturated carbocycles. The lowest BCUT2D eigenvalue weighted by molar-refractivity contribution is 0.112. The zero-order valence-electron chi connectivity index (χ0n) is 7.22. The standard InChI is InChI=1S/C7H9NO3S2/c1-5(13(2,10)11)7-8-3-6(4-9)12-7/h3-5H,1-2H3. The predicted molar refractivity (Wildman–Crippen MR) is 50.8 cm³/mol. The van der Waals surface area contributed by atoms with Crippen LogP contribution >= 0.6 is 11.3 Å². The molecule has 0 N–H and O–H groups in total. The summed E-state index contributed by atoms with van der Waals surface area (Å²) in [5, 5.41) is -0.171. The van der Waals surface area contributed by atoms with E-state index in [1.54, 1.807) is 6.92 Å². The van der Waals surface area contributed by atoms with Gasteiger partial charge in [-0.3, -0.25) is 4.79 Å². The number of rotatable bonds is 3. The smallest absolute Gasteiger partial charge is 0.161 e. The van der Waals surface area contributed by atoms with Gasteiger partial charge in [-0.25, -0.2) is 13.4 Å². The Hall–Kier alpha value is -0.750. The molecule has 0 aliphatic heterocycles. The third-order valence-electron chi connectivity index (χ3n) is 1.65. The zero-order valence-corrected chi connectivity index (χ0v) is 8.85. The maximum atomic E-state index is 11.1. The van der Waals surface area contributed by atoms with Gasteiger partial charge in [-0.05, 0) is 6.92 Å².